The summed E-state index contributed by atoms with van der Waals surface area (Å²) in [7, 11) is 0. The molecule has 1 unspecified atom stereocenters. The maximum absolute atomic E-state index is 10.2. The van der Waals surface area contributed by atoms with Gasteiger partial charge in [-0.15, -0.1) is 0 Å². The number of ether oxygens (including phenoxy) is 1. The van der Waals surface area contributed by atoms with Crippen LogP contribution in [0.1, 0.15) is 46.0 Å². The molecular weight excluding hydrogens is 180 g/mol. The summed E-state index contributed by atoms with van der Waals surface area (Å²) in [5.74, 6) is -0.0699. The highest BCUT2D eigenvalue weighted by atomic mass is 16.5. The fourth-order valence-corrected chi connectivity index (χ4v) is 1.06. The Labute approximate surface area is 86.5 Å². The second-order valence-corrected chi connectivity index (χ2v) is 3.79. The average Bonchev–Trinajstić information content (AvgIpc) is 2.15. The molecule has 0 aliphatic rings. The zero-order chi connectivity index (χ0) is 10.8. The highest BCUT2D eigenvalue weighted by Crippen LogP contribution is 2.03. The summed E-state index contributed by atoms with van der Waals surface area (Å²) >= 11 is 0. The Morgan fingerprint density at radius 2 is 2.07 bits per heavy atom. The molecule has 0 aliphatic carbocycles. The summed E-state index contributed by atoms with van der Waals surface area (Å²) in [5, 5.41) is 8.39. The first kappa shape index (κ1) is 13.4. The van der Waals surface area contributed by atoms with Crippen molar-refractivity contribution in [1.29, 1.82) is 0 Å². The van der Waals surface area contributed by atoms with Crippen LogP contribution in [0.4, 0.5) is 0 Å². The fourth-order valence-electron chi connectivity index (χ4n) is 1.06. The lowest BCUT2D eigenvalue weighted by atomic mass is 10.1. The molecule has 14 heavy (non-hydrogen) atoms. The smallest absolute Gasteiger partial charge is 0.303 e. The van der Waals surface area contributed by atoms with Crippen molar-refractivity contribution >= 4 is 5.97 Å². The third-order valence-corrected chi connectivity index (χ3v) is 2.28. The molecule has 0 bridgehead atoms. The first-order chi connectivity index (χ1) is 6.66. The van der Waals surface area contributed by atoms with Gasteiger partial charge in [0.2, 0.25) is 0 Å². The molecule has 0 saturated heterocycles. The molecule has 0 aromatic carbocycles. The monoisotopic (exact) mass is 202 g/mol. The molecule has 1 N–H and O–H groups in total. The standard InChI is InChI=1S/C11H22O3/c1-3-10(2)9-14-8-6-4-5-7-11(12)13/h10H,3-9H2,1-2H3,(H,12,13). The van der Waals surface area contributed by atoms with Gasteiger partial charge in [-0.3, -0.25) is 4.79 Å². The molecule has 0 radical (unpaired) electrons. The van der Waals surface area contributed by atoms with Crippen molar-refractivity contribution in [2.24, 2.45) is 5.92 Å². The lowest BCUT2D eigenvalue weighted by molar-refractivity contribution is -0.137. The highest BCUT2D eigenvalue weighted by Gasteiger charge is 1.99. The van der Waals surface area contributed by atoms with E-state index in [1.165, 1.54) is 0 Å². The van der Waals surface area contributed by atoms with Crippen LogP contribution < -0.4 is 0 Å². The van der Waals surface area contributed by atoms with Gasteiger partial charge in [0, 0.05) is 19.6 Å². The Kier molecular flexibility index (Phi) is 8.64. The zero-order valence-corrected chi connectivity index (χ0v) is 9.29. The second-order valence-electron chi connectivity index (χ2n) is 3.79. The van der Waals surface area contributed by atoms with Crippen molar-refractivity contribution in [2.45, 2.75) is 46.0 Å². The van der Waals surface area contributed by atoms with Gasteiger partial charge in [-0.05, 0) is 18.8 Å². The molecule has 0 saturated carbocycles. The minimum Gasteiger partial charge on any atom is -0.481 e. The zero-order valence-electron chi connectivity index (χ0n) is 9.29. The van der Waals surface area contributed by atoms with E-state index in [1.807, 2.05) is 0 Å². The van der Waals surface area contributed by atoms with E-state index < -0.39 is 5.97 Å². The first-order valence-corrected chi connectivity index (χ1v) is 5.46. The highest BCUT2D eigenvalue weighted by molar-refractivity contribution is 5.66. The Hall–Kier alpha value is -0.570. The quantitative estimate of drug-likeness (QED) is 0.585. The van der Waals surface area contributed by atoms with Gasteiger partial charge in [-0.2, -0.15) is 0 Å². The number of carboxylic acid groups (broad SMARTS) is 1. The van der Waals surface area contributed by atoms with Crippen LogP contribution in [-0.4, -0.2) is 24.3 Å². The molecule has 0 aliphatic heterocycles. The van der Waals surface area contributed by atoms with Crippen LogP contribution in [0, 0.1) is 5.92 Å². The van der Waals surface area contributed by atoms with E-state index in [-0.39, 0.29) is 6.42 Å². The molecule has 3 heteroatoms. The number of hydrogen-bond acceptors (Lipinski definition) is 2. The van der Waals surface area contributed by atoms with Gasteiger partial charge in [-0.25, -0.2) is 0 Å². The van der Waals surface area contributed by atoms with E-state index in [4.69, 9.17) is 9.84 Å². The van der Waals surface area contributed by atoms with Gasteiger partial charge in [0.05, 0.1) is 0 Å². The average molecular weight is 202 g/mol. The van der Waals surface area contributed by atoms with Gasteiger partial charge >= 0.3 is 5.97 Å². The fraction of sp³-hybridized carbons (Fsp3) is 0.909. The summed E-state index contributed by atoms with van der Waals surface area (Å²) in [6.45, 7) is 5.92. The van der Waals surface area contributed by atoms with Gasteiger partial charge in [0.15, 0.2) is 0 Å². The predicted molar refractivity (Wildman–Crippen MR) is 56.4 cm³/mol. The number of carboxylic acids is 1. The van der Waals surface area contributed by atoms with E-state index in [9.17, 15) is 4.79 Å². The van der Waals surface area contributed by atoms with E-state index in [1.54, 1.807) is 0 Å². The van der Waals surface area contributed by atoms with Crippen LogP contribution in [0.5, 0.6) is 0 Å². The van der Waals surface area contributed by atoms with E-state index >= 15 is 0 Å². The van der Waals surface area contributed by atoms with Crippen LogP contribution in [0.2, 0.25) is 0 Å². The third kappa shape index (κ3) is 9.52. The van der Waals surface area contributed by atoms with Crippen molar-refractivity contribution in [3.63, 3.8) is 0 Å². The van der Waals surface area contributed by atoms with Gasteiger partial charge in [0.25, 0.3) is 0 Å². The Bertz CT molecular complexity index is 145. The molecule has 0 aromatic rings. The Balaban J connectivity index is 3.02. The van der Waals surface area contributed by atoms with Crippen molar-refractivity contribution in [2.75, 3.05) is 13.2 Å². The summed E-state index contributed by atoms with van der Waals surface area (Å²) in [6, 6.07) is 0. The lowest BCUT2D eigenvalue weighted by Gasteiger charge is -2.08. The number of hydrogen-bond donors (Lipinski definition) is 1. The molecule has 0 aromatic heterocycles. The molecule has 0 amide bonds. The van der Waals surface area contributed by atoms with Gasteiger partial charge in [0.1, 0.15) is 0 Å². The van der Waals surface area contributed by atoms with Crippen LogP contribution in [0.3, 0.4) is 0 Å². The van der Waals surface area contributed by atoms with Crippen LogP contribution in [0.15, 0.2) is 0 Å². The normalized spacial score (nSPS) is 12.7. The van der Waals surface area contributed by atoms with Gasteiger partial charge < -0.3 is 9.84 Å². The van der Waals surface area contributed by atoms with Crippen molar-refractivity contribution in [3.8, 4) is 0 Å². The topological polar surface area (TPSA) is 46.5 Å². The second kappa shape index (κ2) is 9.00. The molecule has 0 rings (SSSR count). The molecule has 84 valence electrons. The molecular formula is C11H22O3. The van der Waals surface area contributed by atoms with Crippen LogP contribution in [-0.2, 0) is 9.53 Å². The minimum atomic E-state index is -0.703. The maximum atomic E-state index is 10.2. The predicted octanol–water partition coefficient (Wildman–Crippen LogP) is 2.69. The number of carbonyl (C=O) groups is 1. The minimum absolute atomic E-state index is 0.283. The van der Waals surface area contributed by atoms with E-state index in [0.29, 0.717) is 5.92 Å². The first-order valence-electron chi connectivity index (χ1n) is 5.46. The molecule has 1 atom stereocenters. The Morgan fingerprint density at radius 3 is 2.64 bits per heavy atom. The van der Waals surface area contributed by atoms with Gasteiger partial charge in [-0.1, -0.05) is 26.7 Å². The Morgan fingerprint density at radius 1 is 1.36 bits per heavy atom. The lowest BCUT2D eigenvalue weighted by Crippen LogP contribution is -2.05. The summed E-state index contributed by atoms with van der Waals surface area (Å²) in [6.07, 6.45) is 4.13. The van der Waals surface area contributed by atoms with E-state index in [0.717, 1.165) is 38.9 Å². The van der Waals surface area contributed by atoms with Crippen molar-refractivity contribution in [1.82, 2.24) is 0 Å². The number of unbranched alkanes of at least 4 members (excludes halogenated alkanes) is 2. The summed E-state index contributed by atoms with van der Waals surface area (Å²) < 4.78 is 5.45. The molecule has 0 heterocycles. The number of rotatable bonds is 9. The van der Waals surface area contributed by atoms with Crippen molar-refractivity contribution < 1.29 is 14.6 Å². The third-order valence-electron chi connectivity index (χ3n) is 2.28. The molecule has 0 fully saturated rings. The summed E-state index contributed by atoms with van der Waals surface area (Å²) in [4.78, 5) is 10.2. The van der Waals surface area contributed by atoms with E-state index in [2.05, 4.69) is 13.8 Å². The van der Waals surface area contributed by atoms with Crippen LogP contribution >= 0.6 is 0 Å². The summed E-state index contributed by atoms with van der Waals surface area (Å²) in [5.41, 5.74) is 0. The molecule has 0 spiro atoms. The number of aliphatic carboxylic acids is 1. The SMILES string of the molecule is CCC(C)COCCCCCC(=O)O. The maximum Gasteiger partial charge on any atom is 0.303 e. The molecule has 3 nitrogen and oxygen atoms in total. The largest absolute Gasteiger partial charge is 0.481 e. The van der Waals surface area contributed by atoms with Crippen LogP contribution in [0.25, 0.3) is 0 Å². The van der Waals surface area contributed by atoms with Crippen molar-refractivity contribution in [3.05, 3.63) is 0 Å².